The van der Waals surface area contributed by atoms with Crippen LogP contribution >= 0.6 is 11.6 Å². The van der Waals surface area contributed by atoms with Crippen LogP contribution in [0.5, 0.6) is 0 Å². The second kappa shape index (κ2) is 7.81. The van der Waals surface area contributed by atoms with Crippen molar-refractivity contribution >= 4 is 39.9 Å². The van der Waals surface area contributed by atoms with Crippen LogP contribution in [0.3, 0.4) is 0 Å². The van der Waals surface area contributed by atoms with E-state index < -0.39 is 10.8 Å². The highest BCUT2D eigenvalue weighted by Gasteiger charge is 2.29. The van der Waals surface area contributed by atoms with Gasteiger partial charge >= 0.3 is 0 Å². The van der Waals surface area contributed by atoms with Gasteiger partial charge in [-0.3, -0.25) is 9.59 Å². The zero-order chi connectivity index (χ0) is 20.5. The Hall–Kier alpha value is -2.96. The highest BCUT2D eigenvalue weighted by molar-refractivity contribution is 7.85. The second-order valence-electron chi connectivity index (χ2n) is 6.62. The number of amides is 2. The minimum Gasteiger partial charge on any atom is -0.348 e. The van der Waals surface area contributed by atoms with Gasteiger partial charge in [0.1, 0.15) is 0 Å². The zero-order valence-electron chi connectivity index (χ0n) is 15.5. The molecule has 146 valence electrons. The number of halogens is 1. The van der Waals surface area contributed by atoms with E-state index in [0.29, 0.717) is 38.2 Å². The van der Waals surface area contributed by atoms with Crippen molar-refractivity contribution in [3.63, 3.8) is 0 Å². The lowest BCUT2D eigenvalue weighted by Crippen LogP contribution is -2.27. The second-order valence-corrected chi connectivity index (χ2v) is 8.47. The van der Waals surface area contributed by atoms with E-state index in [2.05, 4.69) is 5.32 Å². The van der Waals surface area contributed by atoms with Crippen molar-refractivity contribution < 1.29 is 13.8 Å². The van der Waals surface area contributed by atoms with Gasteiger partial charge in [-0.05, 0) is 48.0 Å². The molecule has 3 aromatic rings. The normalized spacial score (nSPS) is 15.3. The smallest absolute Gasteiger partial charge is 0.259 e. The summed E-state index contributed by atoms with van der Waals surface area (Å²) in [5, 5.41) is 3.48. The number of hydrogen-bond donors (Lipinski definition) is 1. The summed E-state index contributed by atoms with van der Waals surface area (Å²) in [6.45, 7) is 0.346. The van der Waals surface area contributed by atoms with Gasteiger partial charge in [0.2, 0.25) is 0 Å². The van der Waals surface area contributed by atoms with Gasteiger partial charge in [0.15, 0.2) is 0 Å². The molecule has 0 spiro atoms. The molecule has 29 heavy (non-hydrogen) atoms. The third-order valence-corrected chi connectivity index (χ3v) is 6.52. The molecule has 1 atom stereocenters. The van der Waals surface area contributed by atoms with E-state index in [1.807, 2.05) is 12.1 Å². The summed E-state index contributed by atoms with van der Waals surface area (Å²) in [5.41, 5.74) is 2.17. The summed E-state index contributed by atoms with van der Waals surface area (Å²) in [5.74, 6) is -0.539. The predicted molar refractivity (Wildman–Crippen MR) is 113 cm³/mol. The number of rotatable bonds is 3. The van der Waals surface area contributed by atoms with Crippen LogP contribution in [0.25, 0.3) is 0 Å². The summed E-state index contributed by atoms with van der Waals surface area (Å²) in [4.78, 5) is 27.9. The maximum atomic E-state index is 13.1. The van der Waals surface area contributed by atoms with E-state index in [-0.39, 0.29) is 11.8 Å². The fourth-order valence-electron chi connectivity index (χ4n) is 3.18. The largest absolute Gasteiger partial charge is 0.348 e. The first-order valence-corrected chi connectivity index (χ1v) is 10.4. The molecule has 4 rings (SSSR count). The van der Waals surface area contributed by atoms with Crippen LogP contribution in [0.1, 0.15) is 26.3 Å². The molecule has 0 aromatic heterocycles. The van der Waals surface area contributed by atoms with Crippen LogP contribution in [0.2, 0.25) is 5.02 Å². The van der Waals surface area contributed by atoms with Crippen molar-refractivity contribution in [3.05, 3.63) is 88.4 Å². The van der Waals surface area contributed by atoms with E-state index in [9.17, 15) is 13.8 Å². The molecule has 0 bridgehead atoms. The van der Waals surface area contributed by atoms with Crippen molar-refractivity contribution in [2.45, 2.75) is 16.3 Å². The summed E-state index contributed by atoms with van der Waals surface area (Å²) in [7, 11) is 0.108. The Morgan fingerprint density at radius 3 is 2.52 bits per heavy atom. The van der Waals surface area contributed by atoms with Gasteiger partial charge in [-0.15, -0.1) is 0 Å². The summed E-state index contributed by atoms with van der Waals surface area (Å²) < 4.78 is 13.1. The third-order valence-electron chi connectivity index (χ3n) is 4.77. The fraction of sp³-hybridized carbons (Fsp3) is 0.0909. The Morgan fingerprint density at radius 2 is 1.76 bits per heavy atom. The lowest BCUT2D eigenvalue weighted by atomic mass is 10.1. The molecule has 1 heterocycles. The van der Waals surface area contributed by atoms with Crippen LogP contribution < -0.4 is 10.2 Å². The van der Waals surface area contributed by atoms with Crippen LogP contribution in [-0.4, -0.2) is 23.1 Å². The van der Waals surface area contributed by atoms with Gasteiger partial charge in [-0.2, -0.15) is 0 Å². The number of benzene rings is 3. The lowest BCUT2D eigenvalue weighted by molar-refractivity contribution is 0.0948. The van der Waals surface area contributed by atoms with Crippen LogP contribution in [-0.2, 0) is 17.3 Å². The number of hydrogen-bond acceptors (Lipinski definition) is 3. The topological polar surface area (TPSA) is 66.5 Å². The van der Waals surface area contributed by atoms with Gasteiger partial charge in [-0.1, -0.05) is 35.9 Å². The number of carbonyl (C=O) groups is 2. The molecule has 1 aliphatic heterocycles. The first-order valence-electron chi connectivity index (χ1n) is 8.91. The van der Waals surface area contributed by atoms with Crippen molar-refractivity contribution in [1.82, 2.24) is 5.32 Å². The van der Waals surface area contributed by atoms with E-state index in [1.54, 1.807) is 61.6 Å². The van der Waals surface area contributed by atoms with E-state index >= 15 is 0 Å². The molecule has 2 amide bonds. The molecule has 0 saturated carbocycles. The monoisotopic (exact) mass is 424 g/mol. The highest BCUT2D eigenvalue weighted by Crippen LogP contribution is 2.34. The average Bonchev–Trinajstić information content (AvgIpc) is 2.83. The van der Waals surface area contributed by atoms with Gasteiger partial charge in [-0.25, -0.2) is 4.21 Å². The van der Waals surface area contributed by atoms with Gasteiger partial charge < -0.3 is 10.2 Å². The molecule has 5 nitrogen and oxygen atoms in total. The highest BCUT2D eigenvalue weighted by atomic mass is 35.5. The number of nitrogens with zero attached hydrogens (tertiary/aromatic N) is 1. The molecule has 0 radical (unpaired) electrons. The summed E-state index contributed by atoms with van der Waals surface area (Å²) >= 11 is 5.88. The Morgan fingerprint density at radius 1 is 1.03 bits per heavy atom. The standard InChI is InChI=1S/C22H17ClN2O3S/c1-25-18-12-15(21(26)24-13-14-6-9-16(23)10-7-14)8-11-20(18)29(28)19-5-3-2-4-17(19)22(25)27/h2-12H,13H2,1H3,(H,24,26)/t29-/m0/s1. The number of fused-ring (bicyclic) bond motifs is 2. The molecular formula is C22H17ClN2O3S. The third kappa shape index (κ3) is 3.69. The molecular weight excluding hydrogens is 408 g/mol. The molecule has 0 saturated heterocycles. The van der Waals surface area contributed by atoms with Crippen LogP contribution in [0.15, 0.2) is 76.5 Å². The maximum Gasteiger partial charge on any atom is 0.259 e. The zero-order valence-corrected chi connectivity index (χ0v) is 17.1. The summed E-state index contributed by atoms with van der Waals surface area (Å²) in [6, 6.07) is 18.9. The minimum atomic E-state index is -1.51. The molecule has 1 aliphatic rings. The lowest BCUT2D eigenvalue weighted by Gasteiger charge is -2.18. The Bertz CT molecular complexity index is 1150. The molecule has 7 heteroatoms. The first kappa shape index (κ1) is 19.4. The molecule has 3 aromatic carbocycles. The van der Waals surface area contributed by atoms with Crippen molar-refractivity contribution in [2.24, 2.45) is 0 Å². The Balaban J connectivity index is 1.63. The number of carbonyl (C=O) groups excluding carboxylic acids is 2. The van der Waals surface area contributed by atoms with Gasteiger partial charge in [0.05, 0.1) is 31.8 Å². The minimum absolute atomic E-state index is 0.258. The van der Waals surface area contributed by atoms with Crippen LogP contribution in [0.4, 0.5) is 5.69 Å². The Labute approximate surface area is 175 Å². The summed E-state index contributed by atoms with van der Waals surface area (Å²) in [6.07, 6.45) is 0. The SMILES string of the molecule is CN1C(=O)c2ccccc2[S@](=O)c2ccc(C(=O)NCc3ccc(Cl)cc3)cc21. The van der Waals surface area contributed by atoms with E-state index in [4.69, 9.17) is 11.6 Å². The molecule has 0 unspecified atom stereocenters. The number of nitrogens with one attached hydrogen (secondary N) is 1. The maximum absolute atomic E-state index is 13.1. The van der Waals surface area contributed by atoms with Crippen LogP contribution in [0, 0.1) is 0 Å². The van der Waals surface area contributed by atoms with Crippen molar-refractivity contribution in [1.29, 1.82) is 0 Å². The van der Waals surface area contributed by atoms with Crippen molar-refractivity contribution in [3.8, 4) is 0 Å². The fourth-order valence-corrected chi connectivity index (χ4v) is 4.68. The van der Waals surface area contributed by atoms with Crippen molar-refractivity contribution in [2.75, 3.05) is 11.9 Å². The van der Waals surface area contributed by atoms with E-state index in [1.165, 1.54) is 4.90 Å². The number of anilines is 1. The van der Waals surface area contributed by atoms with E-state index in [0.717, 1.165) is 5.56 Å². The first-order chi connectivity index (χ1) is 14.0. The molecule has 0 aliphatic carbocycles. The molecule has 1 N–H and O–H groups in total. The predicted octanol–water partition coefficient (Wildman–Crippen LogP) is 4.03. The Kier molecular flexibility index (Phi) is 5.22. The van der Waals surface area contributed by atoms with Gasteiger partial charge in [0, 0.05) is 24.2 Å². The average molecular weight is 425 g/mol. The molecule has 0 fully saturated rings. The van der Waals surface area contributed by atoms with Gasteiger partial charge in [0.25, 0.3) is 11.8 Å². The quantitative estimate of drug-likeness (QED) is 0.690.